The molecule has 2 rings (SSSR count). The first kappa shape index (κ1) is 15.0. The van der Waals surface area contributed by atoms with E-state index in [1.54, 1.807) is 24.3 Å². The van der Waals surface area contributed by atoms with E-state index < -0.39 is 0 Å². The number of pyridine rings is 1. The summed E-state index contributed by atoms with van der Waals surface area (Å²) < 4.78 is 4.77. The second kappa shape index (κ2) is 6.85. The van der Waals surface area contributed by atoms with Crippen LogP contribution >= 0.6 is 0 Å². The van der Waals surface area contributed by atoms with Gasteiger partial charge >= 0.3 is 0 Å². The molecule has 0 spiro atoms. The summed E-state index contributed by atoms with van der Waals surface area (Å²) in [5.41, 5.74) is 7.17. The molecule has 1 heterocycles. The minimum atomic E-state index is -0.384. The van der Waals surface area contributed by atoms with E-state index >= 15 is 0 Å². The van der Waals surface area contributed by atoms with Gasteiger partial charge in [0, 0.05) is 11.9 Å². The van der Waals surface area contributed by atoms with Crippen molar-refractivity contribution in [2.45, 2.75) is 0 Å². The lowest BCUT2D eigenvalue weighted by molar-refractivity contribution is 0.102. The third kappa shape index (κ3) is 3.80. The molecule has 7 nitrogen and oxygen atoms in total. The van der Waals surface area contributed by atoms with Crippen molar-refractivity contribution in [2.24, 2.45) is 10.7 Å². The summed E-state index contributed by atoms with van der Waals surface area (Å²) in [6.45, 7) is 0. The Kier molecular flexibility index (Phi) is 4.67. The molecule has 0 saturated heterocycles. The van der Waals surface area contributed by atoms with Crippen LogP contribution in [0.15, 0.2) is 47.6 Å². The van der Waals surface area contributed by atoms with Gasteiger partial charge in [0.2, 0.25) is 0 Å². The number of nitrogens with two attached hydrogens (primary N) is 1. The van der Waals surface area contributed by atoms with E-state index in [-0.39, 0.29) is 17.6 Å². The minimum absolute atomic E-state index is 0.0252. The molecule has 2 aromatic rings. The molecule has 0 unspecified atom stereocenters. The summed E-state index contributed by atoms with van der Waals surface area (Å²) in [5.74, 6) is -0.384. The van der Waals surface area contributed by atoms with E-state index in [0.29, 0.717) is 16.9 Å². The van der Waals surface area contributed by atoms with E-state index in [0.717, 1.165) is 0 Å². The molecule has 0 aliphatic rings. The number of amides is 1. The van der Waals surface area contributed by atoms with Gasteiger partial charge in [0.05, 0.1) is 18.4 Å². The van der Waals surface area contributed by atoms with Gasteiger partial charge < -0.3 is 15.8 Å². The highest BCUT2D eigenvalue weighted by molar-refractivity contribution is 6.03. The number of nitrogens with one attached hydrogen (secondary N) is 1. The fourth-order valence-corrected chi connectivity index (χ4v) is 1.62. The standard InChI is InChI=1S/C15H13N5O2/c1-22-15(17)20-12-4-2-3-11(7-12)19-14(21)13-6-5-10(8-16)9-18-13/h2-7,9H,1H3,(H2,17,20)(H,19,21). The first-order valence-corrected chi connectivity index (χ1v) is 6.28. The molecular weight excluding hydrogens is 282 g/mol. The van der Waals surface area contributed by atoms with Crippen molar-refractivity contribution in [2.75, 3.05) is 12.4 Å². The summed E-state index contributed by atoms with van der Waals surface area (Å²) in [7, 11) is 1.42. The maximum absolute atomic E-state index is 12.1. The van der Waals surface area contributed by atoms with Gasteiger partial charge in [-0.25, -0.2) is 4.98 Å². The topological polar surface area (TPSA) is 113 Å². The van der Waals surface area contributed by atoms with E-state index in [2.05, 4.69) is 15.3 Å². The van der Waals surface area contributed by atoms with Gasteiger partial charge in [-0.15, -0.1) is 0 Å². The molecule has 22 heavy (non-hydrogen) atoms. The van der Waals surface area contributed by atoms with Gasteiger partial charge in [-0.2, -0.15) is 10.3 Å². The Hall–Kier alpha value is -3.40. The Morgan fingerprint density at radius 2 is 2.23 bits per heavy atom. The highest BCUT2D eigenvalue weighted by Gasteiger charge is 2.08. The van der Waals surface area contributed by atoms with Crippen molar-refractivity contribution in [1.82, 2.24) is 4.98 Å². The Bertz CT molecular complexity index is 747. The molecule has 7 heteroatoms. The average Bonchev–Trinajstić information content (AvgIpc) is 2.55. The van der Waals surface area contributed by atoms with Crippen LogP contribution in [0.2, 0.25) is 0 Å². The molecule has 110 valence electrons. The minimum Gasteiger partial charge on any atom is -0.469 e. The van der Waals surface area contributed by atoms with Gasteiger partial charge in [-0.1, -0.05) is 6.07 Å². The maximum atomic E-state index is 12.1. The number of anilines is 1. The van der Waals surface area contributed by atoms with Crippen LogP contribution in [0.4, 0.5) is 11.4 Å². The SMILES string of the molecule is COC(N)=Nc1cccc(NC(=O)c2ccc(C#N)cn2)c1. The first-order chi connectivity index (χ1) is 10.6. The number of rotatable bonds is 3. The van der Waals surface area contributed by atoms with E-state index in [1.807, 2.05) is 6.07 Å². The van der Waals surface area contributed by atoms with Crippen LogP contribution in [-0.4, -0.2) is 24.0 Å². The molecule has 1 aromatic heterocycles. The molecule has 1 amide bonds. The zero-order chi connectivity index (χ0) is 15.9. The van der Waals surface area contributed by atoms with Crippen molar-refractivity contribution >= 4 is 23.3 Å². The third-order valence-corrected chi connectivity index (χ3v) is 2.68. The van der Waals surface area contributed by atoms with Gasteiger partial charge in [0.25, 0.3) is 11.9 Å². The smallest absolute Gasteiger partial charge is 0.286 e. The molecule has 3 N–H and O–H groups in total. The fraction of sp³-hybridized carbons (Fsp3) is 0.0667. The number of methoxy groups -OCH3 is 1. The monoisotopic (exact) mass is 295 g/mol. The fourth-order valence-electron chi connectivity index (χ4n) is 1.62. The molecule has 0 radical (unpaired) electrons. The van der Waals surface area contributed by atoms with E-state index in [9.17, 15) is 4.79 Å². The zero-order valence-electron chi connectivity index (χ0n) is 11.8. The number of hydrogen-bond acceptors (Lipinski definition) is 5. The zero-order valence-corrected chi connectivity index (χ0v) is 11.8. The summed E-state index contributed by atoms with van der Waals surface area (Å²) in [5, 5.41) is 11.4. The first-order valence-electron chi connectivity index (χ1n) is 6.28. The van der Waals surface area contributed by atoms with Crippen molar-refractivity contribution in [3.8, 4) is 6.07 Å². The van der Waals surface area contributed by atoms with Crippen LogP contribution in [0.5, 0.6) is 0 Å². The highest BCUT2D eigenvalue weighted by Crippen LogP contribution is 2.18. The summed E-state index contributed by atoms with van der Waals surface area (Å²) in [6.07, 6.45) is 1.34. The van der Waals surface area contributed by atoms with Crippen molar-refractivity contribution < 1.29 is 9.53 Å². The van der Waals surface area contributed by atoms with Crippen LogP contribution < -0.4 is 11.1 Å². The lowest BCUT2D eigenvalue weighted by Crippen LogP contribution is -2.14. The number of amidine groups is 1. The number of carbonyl (C=O) groups excluding carboxylic acids is 1. The summed E-state index contributed by atoms with van der Waals surface area (Å²) in [6, 6.07) is 11.8. The van der Waals surface area contributed by atoms with Crippen LogP contribution in [0.25, 0.3) is 0 Å². The number of aromatic nitrogens is 1. The quantitative estimate of drug-likeness (QED) is 0.662. The number of nitriles is 1. The number of aliphatic imine (C=N–C) groups is 1. The van der Waals surface area contributed by atoms with E-state index in [4.69, 9.17) is 15.7 Å². The van der Waals surface area contributed by atoms with Crippen molar-refractivity contribution in [3.63, 3.8) is 0 Å². The van der Waals surface area contributed by atoms with Crippen LogP contribution in [0, 0.1) is 11.3 Å². The van der Waals surface area contributed by atoms with Gasteiger partial charge in [-0.05, 0) is 30.3 Å². The molecule has 0 bridgehead atoms. The van der Waals surface area contributed by atoms with Crippen molar-refractivity contribution in [3.05, 3.63) is 53.9 Å². The van der Waals surface area contributed by atoms with Crippen LogP contribution in [-0.2, 0) is 4.74 Å². The molecule has 0 aliphatic heterocycles. The largest absolute Gasteiger partial charge is 0.469 e. The molecule has 1 aromatic carbocycles. The predicted octanol–water partition coefficient (Wildman–Crippen LogP) is 1.80. The number of benzene rings is 1. The molecule has 0 atom stereocenters. The van der Waals surface area contributed by atoms with E-state index in [1.165, 1.54) is 25.4 Å². The summed E-state index contributed by atoms with van der Waals surface area (Å²) >= 11 is 0. The lowest BCUT2D eigenvalue weighted by atomic mass is 10.2. The third-order valence-electron chi connectivity index (χ3n) is 2.68. The number of ether oxygens (including phenoxy) is 1. The Balaban J connectivity index is 2.14. The number of hydrogen-bond donors (Lipinski definition) is 2. The van der Waals surface area contributed by atoms with Crippen LogP contribution in [0.3, 0.4) is 0 Å². The summed E-state index contributed by atoms with van der Waals surface area (Å²) in [4.78, 5) is 20.0. The second-order valence-electron chi connectivity index (χ2n) is 4.20. The Labute approximate surface area is 127 Å². The van der Waals surface area contributed by atoms with Crippen molar-refractivity contribution in [1.29, 1.82) is 5.26 Å². The maximum Gasteiger partial charge on any atom is 0.286 e. The molecule has 0 saturated carbocycles. The van der Waals surface area contributed by atoms with Gasteiger partial charge in [0.1, 0.15) is 11.8 Å². The lowest BCUT2D eigenvalue weighted by Gasteiger charge is -2.05. The molecule has 0 aliphatic carbocycles. The highest BCUT2D eigenvalue weighted by atomic mass is 16.5. The predicted molar refractivity (Wildman–Crippen MR) is 81.6 cm³/mol. The van der Waals surface area contributed by atoms with Crippen LogP contribution in [0.1, 0.15) is 16.1 Å². The number of carbonyl (C=O) groups is 1. The number of nitrogens with zero attached hydrogens (tertiary/aromatic N) is 3. The van der Waals surface area contributed by atoms with Gasteiger partial charge in [0.15, 0.2) is 0 Å². The normalized spacial score (nSPS) is 10.6. The Morgan fingerprint density at radius 3 is 2.86 bits per heavy atom. The molecular formula is C15H13N5O2. The molecule has 0 fully saturated rings. The Morgan fingerprint density at radius 1 is 1.41 bits per heavy atom. The van der Waals surface area contributed by atoms with Gasteiger partial charge in [-0.3, -0.25) is 4.79 Å². The second-order valence-corrected chi connectivity index (χ2v) is 4.20. The average molecular weight is 295 g/mol.